The molecule has 0 atom stereocenters. The van der Waals surface area contributed by atoms with Crippen LogP contribution in [0.2, 0.25) is 0 Å². The molecule has 0 aliphatic rings. The van der Waals surface area contributed by atoms with E-state index in [1.54, 1.807) is 0 Å². The smallest absolute Gasteiger partial charge is 0.343 e. The van der Waals surface area contributed by atoms with Crippen molar-refractivity contribution in [2.24, 2.45) is 0 Å². The molecule has 122 valence electrons. The van der Waals surface area contributed by atoms with Crippen LogP contribution < -0.4 is 13.7 Å². The van der Waals surface area contributed by atoms with Crippen molar-refractivity contribution < 1.29 is 27.0 Å². The van der Waals surface area contributed by atoms with Gasteiger partial charge in [0.2, 0.25) is 0 Å². The third kappa shape index (κ3) is 3.69. The fourth-order valence-electron chi connectivity index (χ4n) is 1.80. The zero-order valence-electron chi connectivity index (χ0n) is 12.3. The van der Waals surface area contributed by atoms with Crippen LogP contribution in [-0.2, 0) is 10.1 Å². The second kappa shape index (κ2) is 6.53. The molecule has 0 aliphatic carbocycles. The van der Waals surface area contributed by atoms with Crippen LogP contribution in [-0.4, -0.2) is 27.6 Å². The highest BCUT2D eigenvalue weighted by Gasteiger charge is 2.23. The minimum atomic E-state index is -4.26. The van der Waals surface area contributed by atoms with Crippen molar-refractivity contribution in [3.05, 3.63) is 52.6 Å². The number of rotatable bonds is 6. The van der Waals surface area contributed by atoms with Crippen LogP contribution in [0.3, 0.4) is 0 Å². The second-order valence-corrected chi connectivity index (χ2v) is 5.82. The van der Waals surface area contributed by atoms with E-state index in [1.165, 1.54) is 50.6 Å². The van der Waals surface area contributed by atoms with Crippen molar-refractivity contribution in [1.82, 2.24) is 0 Å². The van der Waals surface area contributed by atoms with Crippen LogP contribution in [0.25, 0.3) is 0 Å². The maximum atomic E-state index is 12.4. The van der Waals surface area contributed by atoms with Crippen molar-refractivity contribution in [2.75, 3.05) is 14.2 Å². The monoisotopic (exact) mass is 339 g/mol. The summed E-state index contributed by atoms with van der Waals surface area (Å²) in [5.41, 5.74) is -0.282. The maximum Gasteiger partial charge on any atom is 0.343 e. The summed E-state index contributed by atoms with van der Waals surface area (Å²) >= 11 is 0. The molecule has 0 aromatic heterocycles. The van der Waals surface area contributed by atoms with Crippen LogP contribution in [0, 0.1) is 10.1 Å². The quantitative estimate of drug-likeness (QED) is 0.452. The highest BCUT2D eigenvalue weighted by Crippen LogP contribution is 2.31. The van der Waals surface area contributed by atoms with E-state index >= 15 is 0 Å². The van der Waals surface area contributed by atoms with Crippen LogP contribution in [0.1, 0.15) is 0 Å². The highest BCUT2D eigenvalue weighted by molar-refractivity contribution is 7.87. The third-order valence-electron chi connectivity index (χ3n) is 2.87. The Morgan fingerprint density at radius 2 is 1.74 bits per heavy atom. The molecule has 8 nitrogen and oxygen atoms in total. The normalized spacial score (nSPS) is 10.9. The van der Waals surface area contributed by atoms with Gasteiger partial charge in [0.25, 0.3) is 5.69 Å². The summed E-state index contributed by atoms with van der Waals surface area (Å²) in [7, 11) is -1.56. The first kappa shape index (κ1) is 16.6. The lowest BCUT2D eigenvalue weighted by molar-refractivity contribution is -0.384. The molecular weight excluding hydrogens is 326 g/mol. The molecule has 0 saturated heterocycles. The number of methoxy groups -OCH3 is 2. The molecule has 23 heavy (non-hydrogen) atoms. The number of hydrogen-bond acceptors (Lipinski definition) is 7. The van der Waals surface area contributed by atoms with Crippen LogP contribution >= 0.6 is 0 Å². The SMILES string of the molecule is COc1ccc(OC)c(S(=O)(=O)Oc2cccc([N+](=O)[O-])c2)c1. The van der Waals surface area contributed by atoms with E-state index < -0.39 is 15.0 Å². The Bertz CT molecular complexity index is 833. The molecule has 0 aliphatic heterocycles. The number of nitrogens with zero attached hydrogens (tertiary/aromatic N) is 1. The summed E-state index contributed by atoms with van der Waals surface area (Å²) in [6.07, 6.45) is 0. The van der Waals surface area contributed by atoms with Gasteiger partial charge < -0.3 is 13.7 Å². The zero-order chi connectivity index (χ0) is 17.0. The lowest BCUT2D eigenvalue weighted by Crippen LogP contribution is -2.11. The summed E-state index contributed by atoms with van der Waals surface area (Å²) in [5, 5.41) is 10.7. The topological polar surface area (TPSA) is 105 Å². The second-order valence-electron chi connectivity index (χ2n) is 4.31. The minimum absolute atomic E-state index is 0.0660. The first-order valence-electron chi connectivity index (χ1n) is 6.28. The van der Waals surface area contributed by atoms with Gasteiger partial charge in [-0.15, -0.1) is 0 Å². The number of ether oxygens (including phenoxy) is 2. The molecule has 0 spiro atoms. The summed E-state index contributed by atoms with van der Waals surface area (Å²) in [4.78, 5) is 9.84. The lowest BCUT2D eigenvalue weighted by Gasteiger charge is -2.11. The van der Waals surface area contributed by atoms with E-state index in [9.17, 15) is 18.5 Å². The summed E-state index contributed by atoms with van der Waals surface area (Å²) in [6.45, 7) is 0. The molecule has 0 radical (unpaired) electrons. The fraction of sp³-hybridized carbons (Fsp3) is 0.143. The molecule has 9 heteroatoms. The number of benzene rings is 2. The van der Waals surface area contributed by atoms with Crippen molar-refractivity contribution in [3.8, 4) is 17.2 Å². The largest absolute Gasteiger partial charge is 0.497 e. The Labute approximate surface area is 132 Å². The van der Waals surface area contributed by atoms with Gasteiger partial charge in [0.05, 0.1) is 25.2 Å². The fourth-order valence-corrected chi connectivity index (χ4v) is 2.90. The average Bonchev–Trinajstić information content (AvgIpc) is 2.54. The maximum absolute atomic E-state index is 12.4. The predicted molar refractivity (Wildman–Crippen MR) is 80.5 cm³/mol. The van der Waals surface area contributed by atoms with Gasteiger partial charge in [0, 0.05) is 12.1 Å². The van der Waals surface area contributed by atoms with E-state index in [0.717, 1.165) is 6.07 Å². The molecule has 0 amide bonds. The molecule has 2 rings (SSSR count). The molecule has 0 heterocycles. The van der Waals surface area contributed by atoms with E-state index in [4.69, 9.17) is 13.7 Å². The molecule has 0 fully saturated rings. The van der Waals surface area contributed by atoms with Crippen molar-refractivity contribution in [2.45, 2.75) is 4.90 Å². The third-order valence-corrected chi connectivity index (χ3v) is 4.14. The summed E-state index contributed by atoms with van der Waals surface area (Å²) in [5.74, 6) is 0.187. The lowest BCUT2D eigenvalue weighted by atomic mass is 10.3. The van der Waals surface area contributed by atoms with Gasteiger partial charge in [-0.2, -0.15) is 8.42 Å². The average molecular weight is 339 g/mol. The van der Waals surface area contributed by atoms with Gasteiger partial charge >= 0.3 is 10.1 Å². The Morgan fingerprint density at radius 1 is 1.00 bits per heavy atom. The number of non-ortho nitro benzene ring substituents is 1. The summed E-state index contributed by atoms with van der Waals surface area (Å²) in [6, 6.07) is 9.07. The van der Waals surface area contributed by atoms with E-state index in [0.29, 0.717) is 5.75 Å². The Morgan fingerprint density at radius 3 is 2.35 bits per heavy atom. The first-order chi connectivity index (χ1) is 10.9. The molecule has 2 aromatic rings. The van der Waals surface area contributed by atoms with Crippen molar-refractivity contribution in [1.29, 1.82) is 0 Å². The van der Waals surface area contributed by atoms with E-state index in [-0.39, 0.29) is 22.1 Å². The van der Waals surface area contributed by atoms with Crippen molar-refractivity contribution >= 4 is 15.8 Å². The zero-order valence-corrected chi connectivity index (χ0v) is 13.1. The van der Waals surface area contributed by atoms with Gasteiger partial charge in [-0.3, -0.25) is 10.1 Å². The first-order valence-corrected chi connectivity index (χ1v) is 7.69. The standard InChI is InChI=1S/C14H13NO7S/c1-20-11-6-7-13(21-2)14(9-11)23(18,19)22-12-5-3-4-10(8-12)15(16)17/h3-9H,1-2H3. The predicted octanol–water partition coefficient (Wildman–Crippen LogP) is 2.38. The van der Waals surface area contributed by atoms with Crippen molar-refractivity contribution in [3.63, 3.8) is 0 Å². The molecule has 0 saturated carbocycles. The summed E-state index contributed by atoms with van der Waals surface area (Å²) < 4.78 is 39.8. The molecule has 0 unspecified atom stereocenters. The van der Waals surface area contributed by atoms with Crippen LogP contribution in [0.5, 0.6) is 17.2 Å². The van der Waals surface area contributed by atoms with Gasteiger partial charge in [-0.25, -0.2) is 0 Å². The molecule has 0 bridgehead atoms. The minimum Gasteiger partial charge on any atom is -0.497 e. The Hall–Kier alpha value is -2.81. The molecule has 2 aromatic carbocycles. The van der Waals surface area contributed by atoms with Gasteiger partial charge in [-0.1, -0.05) is 6.07 Å². The van der Waals surface area contributed by atoms with E-state index in [1.807, 2.05) is 0 Å². The van der Waals surface area contributed by atoms with Crippen LogP contribution in [0.15, 0.2) is 47.4 Å². The van der Waals surface area contributed by atoms with Gasteiger partial charge in [-0.05, 0) is 18.2 Å². The Kier molecular flexibility index (Phi) is 4.70. The number of hydrogen-bond donors (Lipinski definition) is 0. The molecular formula is C14H13NO7S. The Balaban J connectivity index is 2.43. The number of nitro benzene ring substituents is 1. The highest BCUT2D eigenvalue weighted by atomic mass is 32.2. The van der Waals surface area contributed by atoms with Crippen LogP contribution in [0.4, 0.5) is 5.69 Å². The van der Waals surface area contributed by atoms with E-state index in [2.05, 4.69) is 0 Å². The number of nitro groups is 1. The van der Waals surface area contributed by atoms with Gasteiger partial charge in [0.15, 0.2) is 4.90 Å². The molecule has 0 N–H and O–H groups in total. The van der Waals surface area contributed by atoms with Gasteiger partial charge in [0.1, 0.15) is 17.2 Å².